The summed E-state index contributed by atoms with van der Waals surface area (Å²) in [6, 6.07) is 0. The predicted octanol–water partition coefficient (Wildman–Crippen LogP) is 1.11. The topological polar surface area (TPSA) is 44.2 Å². The largest absolute Gasteiger partial charge is 0.480 e. The lowest BCUT2D eigenvalue weighted by Gasteiger charge is -2.06. The van der Waals surface area contributed by atoms with Crippen LogP contribution in [0, 0.1) is 13.8 Å². The molecule has 0 aliphatic carbocycles. The van der Waals surface area contributed by atoms with Crippen molar-refractivity contribution >= 4 is 0 Å². The van der Waals surface area contributed by atoms with E-state index in [0.29, 0.717) is 11.8 Å². The van der Waals surface area contributed by atoms with E-state index in [-0.39, 0.29) is 0 Å². The van der Waals surface area contributed by atoms with E-state index in [9.17, 15) is 0 Å². The van der Waals surface area contributed by atoms with Gasteiger partial charge in [0.25, 0.3) is 0 Å². The van der Waals surface area contributed by atoms with Crippen LogP contribution >= 0.6 is 0 Å². The van der Waals surface area contributed by atoms with Crippen LogP contribution in [0.5, 0.6) is 11.8 Å². The Hall–Kier alpha value is -1.32. The molecule has 0 saturated heterocycles. The van der Waals surface area contributed by atoms with Crippen LogP contribution in [0.2, 0.25) is 0 Å². The summed E-state index contributed by atoms with van der Waals surface area (Å²) < 4.78 is 9.99. The van der Waals surface area contributed by atoms with E-state index in [0.717, 1.165) is 11.4 Å². The number of hydrogen-bond donors (Lipinski definition) is 0. The molecule has 0 aromatic carbocycles. The molecule has 12 heavy (non-hydrogen) atoms. The molecule has 0 N–H and O–H groups in total. The van der Waals surface area contributed by atoms with Crippen molar-refractivity contribution in [1.29, 1.82) is 0 Å². The minimum Gasteiger partial charge on any atom is -0.480 e. The third-order valence-electron chi connectivity index (χ3n) is 1.54. The standard InChI is InChI=1S/C8H12N2O2/c1-5-7(11-3)10-6(2)8(9-5)12-4/h1-4H3. The van der Waals surface area contributed by atoms with E-state index in [2.05, 4.69) is 9.97 Å². The summed E-state index contributed by atoms with van der Waals surface area (Å²) in [5, 5.41) is 0. The molecule has 1 rings (SSSR count). The molecule has 66 valence electrons. The van der Waals surface area contributed by atoms with Crippen molar-refractivity contribution in [1.82, 2.24) is 9.97 Å². The van der Waals surface area contributed by atoms with Gasteiger partial charge in [0, 0.05) is 0 Å². The molecule has 1 heterocycles. The van der Waals surface area contributed by atoms with Gasteiger partial charge in [-0.2, -0.15) is 0 Å². The smallest absolute Gasteiger partial charge is 0.235 e. The Kier molecular flexibility index (Phi) is 2.47. The number of ether oxygens (including phenoxy) is 2. The molecule has 0 bridgehead atoms. The molecule has 1 aromatic rings. The summed E-state index contributed by atoms with van der Waals surface area (Å²) in [6.07, 6.45) is 0. The molecule has 0 aliphatic rings. The van der Waals surface area contributed by atoms with Gasteiger partial charge in [-0.05, 0) is 13.8 Å². The Morgan fingerprint density at radius 2 is 1.17 bits per heavy atom. The number of methoxy groups -OCH3 is 2. The number of hydrogen-bond acceptors (Lipinski definition) is 4. The fourth-order valence-corrected chi connectivity index (χ4v) is 0.949. The van der Waals surface area contributed by atoms with Crippen LogP contribution in [-0.4, -0.2) is 24.2 Å². The first-order chi connectivity index (χ1) is 5.69. The van der Waals surface area contributed by atoms with Crippen molar-refractivity contribution in [2.45, 2.75) is 13.8 Å². The Morgan fingerprint density at radius 3 is 1.42 bits per heavy atom. The van der Waals surface area contributed by atoms with Crippen molar-refractivity contribution in [3.63, 3.8) is 0 Å². The van der Waals surface area contributed by atoms with Crippen LogP contribution in [0.4, 0.5) is 0 Å². The Bertz CT molecular complexity index is 257. The lowest BCUT2D eigenvalue weighted by Crippen LogP contribution is -2.00. The molecule has 0 spiro atoms. The molecule has 0 unspecified atom stereocenters. The summed E-state index contributed by atoms with van der Waals surface area (Å²) in [7, 11) is 3.14. The van der Waals surface area contributed by atoms with Gasteiger partial charge < -0.3 is 9.47 Å². The normalized spacial score (nSPS) is 9.67. The number of aryl methyl sites for hydroxylation is 2. The summed E-state index contributed by atoms with van der Waals surface area (Å²) in [5.74, 6) is 1.10. The van der Waals surface area contributed by atoms with E-state index >= 15 is 0 Å². The monoisotopic (exact) mass is 168 g/mol. The molecule has 0 atom stereocenters. The second-order valence-corrected chi connectivity index (χ2v) is 2.41. The van der Waals surface area contributed by atoms with Gasteiger partial charge in [-0.15, -0.1) is 0 Å². The Morgan fingerprint density at radius 1 is 0.833 bits per heavy atom. The molecule has 4 nitrogen and oxygen atoms in total. The van der Waals surface area contributed by atoms with Crippen LogP contribution in [0.1, 0.15) is 11.4 Å². The first kappa shape index (κ1) is 8.77. The zero-order chi connectivity index (χ0) is 9.14. The van der Waals surface area contributed by atoms with E-state index in [1.165, 1.54) is 0 Å². The van der Waals surface area contributed by atoms with Gasteiger partial charge in [-0.1, -0.05) is 0 Å². The molecular weight excluding hydrogens is 156 g/mol. The summed E-state index contributed by atoms with van der Waals surface area (Å²) >= 11 is 0. The highest BCUT2D eigenvalue weighted by molar-refractivity contribution is 5.26. The van der Waals surface area contributed by atoms with Crippen molar-refractivity contribution < 1.29 is 9.47 Å². The minimum absolute atomic E-state index is 0.549. The molecule has 0 fully saturated rings. The quantitative estimate of drug-likeness (QED) is 0.663. The maximum Gasteiger partial charge on any atom is 0.235 e. The second kappa shape index (κ2) is 3.38. The molecule has 0 radical (unpaired) electrons. The Labute approximate surface area is 71.6 Å². The molecular formula is C8H12N2O2. The number of nitrogens with zero attached hydrogens (tertiary/aromatic N) is 2. The highest BCUT2D eigenvalue weighted by Crippen LogP contribution is 2.18. The first-order valence-corrected chi connectivity index (χ1v) is 3.62. The highest BCUT2D eigenvalue weighted by Gasteiger charge is 2.07. The number of rotatable bonds is 2. The van der Waals surface area contributed by atoms with Crippen molar-refractivity contribution in [2.24, 2.45) is 0 Å². The average molecular weight is 168 g/mol. The minimum atomic E-state index is 0.549. The summed E-state index contributed by atoms with van der Waals surface area (Å²) in [4.78, 5) is 8.30. The number of aromatic nitrogens is 2. The van der Waals surface area contributed by atoms with Crippen LogP contribution < -0.4 is 9.47 Å². The van der Waals surface area contributed by atoms with E-state index in [1.54, 1.807) is 14.2 Å². The lowest BCUT2D eigenvalue weighted by atomic mass is 10.4. The fourth-order valence-electron chi connectivity index (χ4n) is 0.949. The van der Waals surface area contributed by atoms with Crippen molar-refractivity contribution in [3.05, 3.63) is 11.4 Å². The summed E-state index contributed by atoms with van der Waals surface area (Å²) in [5.41, 5.74) is 1.47. The molecule has 1 aromatic heterocycles. The molecule has 0 aliphatic heterocycles. The third kappa shape index (κ3) is 1.47. The molecule has 0 amide bonds. The van der Waals surface area contributed by atoms with Crippen molar-refractivity contribution in [3.8, 4) is 11.8 Å². The maximum atomic E-state index is 5.00. The first-order valence-electron chi connectivity index (χ1n) is 3.62. The SMILES string of the molecule is COc1nc(C)c(OC)nc1C. The van der Waals surface area contributed by atoms with Crippen molar-refractivity contribution in [2.75, 3.05) is 14.2 Å². The second-order valence-electron chi connectivity index (χ2n) is 2.41. The van der Waals surface area contributed by atoms with Gasteiger partial charge in [0.1, 0.15) is 11.4 Å². The van der Waals surface area contributed by atoms with Crippen LogP contribution in [0.25, 0.3) is 0 Å². The van der Waals surface area contributed by atoms with Gasteiger partial charge in [0.05, 0.1) is 14.2 Å². The van der Waals surface area contributed by atoms with Crippen LogP contribution in [0.15, 0.2) is 0 Å². The zero-order valence-electron chi connectivity index (χ0n) is 7.71. The van der Waals surface area contributed by atoms with Gasteiger partial charge >= 0.3 is 0 Å². The van der Waals surface area contributed by atoms with Gasteiger partial charge in [-0.25, -0.2) is 9.97 Å². The molecule has 4 heteroatoms. The average Bonchev–Trinajstić information content (AvgIpc) is 2.08. The Balaban J connectivity index is 3.16. The fraction of sp³-hybridized carbons (Fsp3) is 0.500. The van der Waals surface area contributed by atoms with Crippen LogP contribution in [-0.2, 0) is 0 Å². The third-order valence-corrected chi connectivity index (χ3v) is 1.54. The maximum absolute atomic E-state index is 5.00. The highest BCUT2D eigenvalue weighted by atomic mass is 16.5. The predicted molar refractivity (Wildman–Crippen MR) is 44.6 cm³/mol. The van der Waals surface area contributed by atoms with Gasteiger partial charge in [0.2, 0.25) is 11.8 Å². The van der Waals surface area contributed by atoms with E-state index in [1.807, 2.05) is 13.8 Å². The molecule has 0 saturated carbocycles. The van der Waals surface area contributed by atoms with Gasteiger partial charge in [-0.3, -0.25) is 0 Å². The van der Waals surface area contributed by atoms with E-state index < -0.39 is 0 Å². The zero-order valence-corrected chi connectivity index (χ0v) is 7.71. The lowest BCUT2D eigenvalue weighted by molar-refractivity contribution is 0.367. The van der Waals surface area contributed by atoms with E-state index in [4.69, 9.17) is 9.47 Å². The summed E-state index contributed by atoms with van der Waals surface area (Å²) in [6.45, 7) is 3.65. The van der Waals surface area contributed by atoms with Crippen LogP contribution in [0.3, 0.4) is 0 Å². The van der Waals surface area contributed by atoms with Gasteiger partial charge in [0.15, 0.2) is 0 Å².